The number of unbranched alkanes of at least 4 members (excludes halogenated alkanes) is 18. The van der Waals surface area contributed by atoms with Gasteiger partial charge < -0.3 is 20.9 Å². The molecule has 2 unspecified atom stereocenters. The number of allylic oxidation sites excluding steroid dienone is 7. The molecule has 0 aromatic rings. The van der Waals surface area contributed by atoms with Gasteiger partial charge in [0.05, 0.1) is 0 Å². The maximum absolute atomic E-state index is 12.7. The second-order valence-corrected chi connectivity index (χ2v) is 14.4. The first-order valence-electron chi connectivity index (χ1n) is 21.5. The van der Waals surface area contributed by atoms with Crippen LogP contribution in [0.4, 0.5) is 0 Å². The molecule has 0 rings (SSSR count). The minimum absolute atomic E-state index is 0.104. The Hall–Kier alpha value is -2.67. The molecule has 0 aliphatic carbocycles. The van der Waals surface area contributed by atoms with Crippen LogP contribution in [-0.2, 0) is 19.1 Å². The van der Waals surface area contributed by atoms with Gasteiger partial charge in [-0.15, -0.1) is 0 Å². The zero-order chi connectivity index (χ0) is 38.2. The average Bonchev–Trinajstić information content (AvgIpc) is 3.13. The molecule has 2 atom stereocenters. The average molecular weight is 729 g/mol. The fraction of sp³-hybridized carbons (Fsp3) is 0.756. The van der Waals surface area contributed by atoms with Gasteiger partial charge in [0.25, 0.3) is 0 Å². The van der Waals surface area contributed by atoms with Crippen LogP contribution in [0.5, 0.6) is 0 Å². The number of carboxylic acid groups (broad SMARTS) is 1. The SMILES string of the molecule is CCCCC/C=C\C/C=C\C/C=C\C(CCCCCCCC(=O)NC(CCCN)C(=O)O)OC(=O)CCCCCCC/C=C\CCCCCCCC. The van der Waals surface area contributed by atoms with E-state index in [4.69, 9.17) is 10.5 Å². The van der Waals surface area contributed by atoms with Gasteiger partial charge in [0.15, 0.2) is 0 Å². The third kappa shape index (κ3) is 35.7. The van der Waals surface area contributed by atoms with Gasteiger partial charge in [0.2, 0.25) is 5.91 Å². The molecular weight excluding hydrogens is 649 g/mol. The number of nitrogens with one attached hydrogen (secondary N) is 1. The van der Waals surface area contributed by atoms with Gasteiger partial charge in [-0.05, 0) is 103 Å². The van der Waals surface area contributed by atoms with Crippen molar-refractivity contribution in [2.24, 2.45) is 5.73 Å². The molecule has 4 N–H and O–H groups in total. The second-order valence-electron chi connectivity index (χ2n) is 14.4. The van der Waals surface area contributed by atoms with E-state index in [9.17, 15) is 19.5 Å². The van der Waals surface area contributed by atoms with Gasteiger partial charge in [-0.3, -0.25) is 9.59 Å². The largest absolute Gasteiger partial charge is 0.480 e. The fourth-order valence-electron chi connectivity index (χ4n) is 6.08. The van der Waals surface area contributed by atoms with Gasteiger partial charge in [-0.2, -0.15) is 0 Å². The summed E-state index contributed by atoms with van der Waals surface area (Å²) in [6.45, 7) is 4.89. The third-order valence-electron chi connectivity index (χ3n) is 9.35. The van der Waals surface area contributed by atoms with Crippen molar-refractivity contribution in [1.82, 2.24) is 5.32 Å². The number of esters is 1. The standard InChI is InChI=1S/C45H80N2O5/c1-3-5-7-9-11-13-15-16-17-18-20-22-24-29-33-39-44(49)52-41(35-30-26-23-21-19-14-12-10-8-6-4-2)36-31-27-25-28-32-38-43(48)47-42(45(50)51)37-34-40-46/h12,14,16-17,21,23,30,35,41-42H,3-11,13,15,18-20,22,24-29,31-34,36-40,46H2,1-2H3,(H,47,48)(H,50,51)/b14-12-,17-16-,23-21-,35-30-. The lowest BCUT2D eigenvalue weighted by molar-refractivity contribution is -0.147. The molecule has 7 nitrogen and oxygen atoms in total. The summed E-state index contributed by atoms with van der Waals surface area (Å²) in [4.78, 5) is 36.3. The lowest BCUT2D eigenvalue weighted by atomic mass is 10.1. The summed E-state index contributed by atoms with van der Waals surface area (Å²) in [5, 5.41) is 11.9. The van der Waals surface area contributed by atoms with Crippen LogP contribution in [0.2, 0.25) is 0 Å². The molecule has 0 aromatic carbocycles. The minimum atomic E-state index is -1.01. The number of amides is 1. The summed E-state index contributed by atoms with van der Waals surface area (Å²) >= 11 is 0. The van der Waals surface area contributed by atoms with Gasteiger partial charge in [-0.25, -0.2) is 4.79 Å². The molecule has 0 saturated carbocycles. The molecule has 0 spiro atoms. The van der Waals surface area contributed by atoms with Crippen LogP contribution in [0.1, 0.15) is 200 Å². The van der Waals surface area contributed by atoms with Crippen molar-refractivity contribution in [1.29, 1.82) is 0 Å². The fourth-order valence-corrected chi connectivity index (χ4v) is 6.08. The molecule has 0 fully saturated rings. The van der Waals surface area contributed by atoms with Crippen molar-refractivity contribution in [3.8, 4) is 0 Å². The van der Waals surface area contributed by atoms with Gasteiger partial charge in [0, 0.05) is 12.8 Å². The van der Waals surface area contributed by atoms with Gasteiger partial charge in [0.1, 0.15) is 12.1 Å². The predicted molar refractivity (Wildman–Crippen MR) is 220 cm³/mol. The summed E-state index contributed by atoms with van der Waals surface area (Å²) in [5.74, 6) is -1.34. The van der Waals surface area contributed by atoms with E-state index >= 15 is 0 Å². The van der Waals surface area contributed by atoms with E-state index < -0.39 is 12.0 Å². The van der Waals surface area contributed by atoms with Gasteiger partial charge in [-0.1, -0.05) is 140 Å². The van der Waals surface area contributed by atoms with Crippen LogP contribution < -0.4 is 11.1 Å². The summed E-state index contributed by atoms with van der Waals surface area (Å²) in [5.41, 5.74) is 5.48. The summed E-state index contributed by atoms with van der Waals surface area (Å²) in [6, 6.07) is -0.867. The number of hydrogen-bond donors (Lipinski definition) is 3. The highest BCUT2D eigenvalue weighted by Crippen LogP contribution is 2.15. The molecule has 52 heavy (non-hydrogen) atoms. The highest BCUT2D eigenvalue weighted by Gasteiger charge is 2.18. The topological polar surface area (TPSA) is 119 Å². The molecule has 0 aliphatic heterocycles. The lowest BCUT2D eigenvalue weighted by Gasteiger charge is -2.15. The van der Waals surface area contributed by atoms with Crippen molar-refractivity contribution < 1.29 is 24.2 Å². The summed E-state index contributed by atoms with van der Waals surface area (Å²) < 4.78 is 5.93. The van der Waals surface area contributed by atoms with Crippen LogP contribution >= 0.6 is 0 Å². The van der Waals surface area contributed by atoms with E-state index in [-0.39, 0.29) is 18.0 Å². The Morgan fingerprint density at radius 3 is 1.67 bits per heavy atom. The maximum atomic E-state index is 12.7. The first kappa shape index (κ1) is 49.3. The van der Waals surface area contributed by atoms with Crippen LogP contribution in [-0.4, -0.2) is 41.6 Å². The molecular formula is C45H80N2O5. The normalized spacial score (nSPS) is 13.1. The zero-order valence-corrected chi connectivity index (χ0v) is 33.6. The molecule has 7 heteroatoms. The molecule has 0 bridgehead atoms. The first-order chi connectivity index (χ1) is 25.4. The van der Waals surface area contributed by atoms with E-state index in [2.05, 4.69) is 67.8 Å². The van der Waals surface area contributed by atoms with E-state index in [1.54, 1.807) is 0 Å². The third-order valence-corrected chi connectivity index (χ3v) is 9.35. The molecule has 1 amide bonds. The van der Waals surface area contributed by atoms with Crippen molar-refractivity contribution >= 4 is 17.8 Å². The highest BCUT2D eigenvalue weighted by atomic mass is 16.5. The number of carbonyl (C=O) groups is 3. The highest BCUT2D eigenvalue weighted by molar-refractivity contribution is 5.83. The maximum Gasteiger partial charge on any atom is 0.326 e. The van der Waals surface area contributed by atoms with Gasteiger partial charge >= 0.3 is 11.9 Å². The number of aliphatic carboxylic acids is 1. The monoisotopic (exact) mass is 729 g/mol. The second kappa shape index (κ2) is 39.5. The van der Waals surface area contributed by atoms with E-state index in [1.165, 1.54) is 77.0 Å². The molecule has 0 radical (unpaired) electrons. The Morgan fingerprint density at radius 1 is 0.577 bits per heavy atom. The van der Waals surface area contributed by atoms with Crippen LogP contribution in [0.15, 0.2) is 48.6 Å². The Kier molecular flexibility index (Phi) is 37.5. The molecule has 0 aliphatic rings. The molecule has 0 heterocycles. The van der Waals surface area contributed by atoms with Crippen LogP contribution in [0.25, 0.3) is 0 Å². The Labute approximate surface area is 319 Å². The zero-order valence-electron chi connectivity index (χ0n) is 33.6. The smallest absolute Gasteiger partial charge is 0.326 e. The van der Waals surface area contributed by atoms with Crippen LogP contribution in [0.3, 0.4) is 0 Å². The summed E-state index contributed by atoms with van der Waals surface area (Å²) in [6.07, 6.45) is 47.4. The lowest BCUT2D eigenvalue weighted by Crippen LogP contribution is -2.40. The number of carbonyl (C=O) groups excluding carboxylic acids is 2. The predicted octanol–water partition coefficient (Wildman–Crippen LogP) is 12.0. The van der Waals surface area contributed by atoms with E-state index in [0.717, 1.165) is 83.5 Å². The van der Waals surface area contributed by atoms with E-state index in [0.29, 0.717) is 32.2 Å². The molecule has 0 saturated heterocycles. The Morgan fingerprint density at radius 2 is 1.06 bits per heavy atom. The van der Waals surface area contributed by atoms with Crippen molar-refractivity contribution in [2.45, 2.75) is 212 Å². The summed E-state index contributed by atoms with van der Waals surface area (Å²) in [7, 11) is 0. The quantitative estimate of drug-likeness (QED) is 0.0331. The molecule has 0 aromatic heterocycles. The van der Waals surface area contributed by atoms with E-state index in [1.807, 2.05) is 0 Å². The number of nitrogens with two attached hydrogens (primary N) is 1. The van der Waals surface area contributed by atoms with Crippen molar-refractivity contribution in [3.05, 3.63) is 48.6 Å². The number of hydrogen-bond acceptors (Lipinski definition) is 5. The Bertz CT molecular complexity index is 957. The van der Waals surface area contributed by atoms with Crippen molar-refractivity contribution in [3.63, 3.8) is 0 Å². The number of ether oxygens (including phenoxy) is 1. The number of carboxylic acids is 1. The first-order valence-corrected chi connectivity index (χ1v) is 21.5. The molecule has 300 valence electrons. The van der Waals surface area contributed by atoms with Crippen molar-refractivity contribution in [2.75, 3.05) is 6.54 Å². The number of rotatable bonds is 38. The van der Waals surface area contributed by atoms with Crippen LogP contribution in [0, 0.1) is 0 Å². The Balaban J connectivity index is 4.43. The minimum Gasteiger partial charge on any atom is -0.480 e.